The average molecular weight is 344 g/mol. The second kappa shape index (κ2) is 6.02. The number of carbonyl (C=O) groups is 2. The lowest BCUT2D eigenvalue weighted by Crippen LogP contribution is -2.32. The topological polar surface area (TPSA) is 66.8 Å². The molecule has 6 heteroatoms. The number of ether oxygens (including phenoxy) is 1. The number of methoxy groups -OCH3 is 1. The molecule has 0 aromatic heterocycles. The molecule has 0 saturated heterocycles. The van der Waals surface area contributed by atoms with Crippen LogP contribution in [0.2, 0.25) is 5.02 Å². The highest BCUT2D eigenvalue weighted by Crippen LogP contribution is 2.37. The van der Waals surface area contributed by atoms with E-state index in [4.69, 9.17) is 16.3 Å². The molecule has 0 atom stereocenters. The van der Waals surface area contributed by atoms with Crippen molar-refractivity contribution in [2.75, 3.05) is 12.0 Å². The molecule has 24 heavy (non-hydrogen) atoms. The van der Waals surface area contributed by atoms with Gasteiger partial charge in [-0.3, -0.25) is 9.59 Å². The predicted molar refractivity (Wildman–Crippen MR) is 91.2 cm³/mol. The summed E-state index contributed by atoms with van der Waals surface area (Å²) in [7, 11) is 1.45. The molecule has 0 fully saturated rings. The predicted octanol–water partition coefficient (Wildman–Crippen LogP) is 3.50. The third kappa shape index (κ3) is 2.53. The first-order chi connectivity index (χ1) is 11.4. The zero-order valence-corrected chi connectivity index (χ0v) is 13.8. The third-order valence-corrected chi connectivity index (χ3v) is 4.02. The highest BCUT2D eigenvalue weighted by Gasteiger charge is 2.41. The Bertz CT molecular complexity index is 871. The molecule has 5 nitrogen and oxygen atoms in total. The summed E-state index contributed by atoms with van der Waals surface area (Å²) >= 11 is 5.84. The van der Waals surface area contributed by atoms with E-state index in [1.165, 1.54) is 7.11 Å². The van der Waals surface area contributed by atoms with Gasteiger partial charge in [-0.25, -0.2) is 4.90 Å². The lowest BCUT2D eigenvalue weighted by Gasteiger charge is -2.18. The number of hydrogen-bond acceptors (Lipinski definition) is 4. The second-order valence-electron chi connectivity index (χ2n) is 5.35. The van der Waals surface area contributed by atoms with Crippen LogP contribution in [0.15, 0.2) is 48.2 Å². The van der Waals surface area contributed by atoms with Crippen molar-refractivity contribution >= 4 is 34.7 Å². The van der Waals surface area contributed by atoms with Crippen LogP contribution < -0.4 is 9.64 Å². The van der Waals surface area contributed by atoms with Crippen LogP contribution in [-0.4, -0.2) is 24.0 Å². The van der Waals surface area contributed by atoms with Gasteiger partial charge < -0.3 is 9.84 Å². The Morgan fingerprint density at radius 1 is 1.04 bits per heavy atom. The van der Waals surface area contributed by atoms with Gasteiger partial charge in [0.25, 0.3) is 5.91 Å². The molecule has 2 aromatic rings. The largest absolute Gasteiger partial charge is 0.502 e. The maximum absolute atomic E-state index is 12.8. The number of nitrogens with zero attached hydrogens (tertiary/aromatic N) is 1. The van der Waals surface area contributed by atoms with Gasteiger partial charge in [0.1, 0.15) is 5.75 Å². The first-order valence-corrected chi connectivity index (χ1v) is 7.54. The number of imide groups is 1. The number of aryl methyl sites for hydroxylation is 1. The molecule has 0 saturated carbocycles. The highest BCUT2D eigenvalue weighted by atomic mass is 35.5. The monoisotopic (exact) mass is 343 g/mol. The van der Waals surface area contributed by atoms with Gasteiger partial charge in [-0.2, -0.15) is 0 Å². The summed E-state index contributed by atoms with van der Waals surface area (Å²) in [6.07, 6.45) is 0. The minimum atomic E-state index is -0.783. The first kappa shape index (κ1) is 16.1. The van der Waals surface area contributed by atoms with Crippen molar-refractivity contribution in [2.45, 2.75) is 6.92 Å². The maximum Gasteiger partial charge on any atom is 0.301 e. The van der Waals surface area contributed by atoms with Crippen LogP contribution in [0.1, 0.15) is 11.1 Å². The lowest BCUT2D eigenvalue weighted by molar-refractivity contribution is -0.121. The molecule has 1 heterocycles. The van der Waals surface area contributed by atoms with E-state index in [1.54, 1.807) is 42.5 Å². The quantitative estimate of drug-likeness (QED) is 0.866. The van der Waals surface area contributed by atoms with Crippen molar-refractivity contribution in [3.8, 4) is 5.75 Å². The summed E-state index contributed by atoms with van der Waals surface area (Å²) < 4.78 is 5.24. The summed E-state index contributed by atoms with van der Waals surface area (Å²) in [6, 6.07) is 11.5. The summed E-state index contributed by atoms with van der Waals surface area (Å²) in [5.41, 5.74) is 1.51. The van der Waals surface area contributed by atoms with Crippen LogP contribution in [0.25, 0.3) is 5.57 Å². The minimum absolute atomic E-state index is 0.0553. The molecular formula is C18H14ClNO4. The number of hydrogen-bond donors (Lipinski definition) is 1. The SMILES string of the molecule is COc1ccc(C)cc1N1C(=O)C(O)=C(c2ccc(Cl)cc2)C1=O. The zero-order chi connectivity index (χ0) is 17.4. The Kier molecular flexibility index (Phi) is 4.03. The zero-order valence-electron chi connectivity index (χ0n) is 13.0. The van der Waals surface area contributed by atoms with Gasteiger partial charge in [0.05, 0.1) is 18.4 Å². The second-order valence-corrected chi connectivity index (χ2v) is 5.79. The van der Waals surface area contributed by atoms with E-state index in [9.17, 15) is 14.7 Å². The fourth-order valence-corrected chi connectivity index (χ4v) is 2.71. The number of amides is 2. The molecule has 122 valence electrons. The van der Waals surface area contributed by atoms with E-state index >= 15 is 0 Å². The number of rotatable bonds is 3. The average Bonchev–Trinajstić information content (AvgIpc) is 2.78. The number of benzene rings is 2. The van der Waals surface area contributed by atoms with Gasteiger partial charge in [-0.05, 0) is 42.3 Å². The molecule has 3 rings (SSSR count). The van der Waals surface area contributed by atoms with Gasteiger partial charge in [-0.1, -0.05) is 29.8 Å². The number of anilines is 1. The summed E-state index contributed by atoms with van der Waals surface area (Å²) in [6.45, 7) is 1.83. The van der Waals surface area contributed by atoms with Crippen molar-refractivity contribution in [2.24, 2.45) is 0 Å². The Labute approximate surface area is 143 Å². The molecule has 1 aliphatic heterocycles. The van der Waals surface area contributed by atoms with Crippen molar-refractivity contribution < 1.29 is 19.4 Å². The normalized spacial score (nSPS) is 14.5. The summed E-state index contributed by atoms with van der Waals surface area (Å²) in [4.78, 5) is 26.2. The van der Waals surface area contributed by atoms with Crippen molar-refractivity contribution in [1.82, 2.24) is 0 Å². The van der Waals surface area contributed by atoms with E-state index in [2.05, 4.69) is 0 Å². The molecule has 0 aliphatic carbocycles. The number of aliphatic hydroxyl groups is 1. The molecule has 2 aromatic carbocycles. The molecule has 0 radical (unpaired) electrons. The molecule has 2 amide bonds. The smallest absolute Gasteiger partial charge is 0.301 e. The van der Waals surface area contributed by atoms with E-state index < -0.39 is 17.6 Å². The lowest BCUT2D eigenvalue weighted by atomic mass is 10.1. The van der Waals surface area contributed by atoms with Crippen molar-refractivity contribution in [3.05, 3.63) is 64.4 Å². The summed E-state index contributed by atoms with van der Waals surface area (Å²) in [5, 5.41) is 10.7. The number of aliphatic hydroxyl groups excluding tert-OH is 1. The van der Waals surface area contributed by atoms with Crippen LogP contribution >= 0.6 is 11.6 Å². The van der Waals surface area contributed by atoms with E-state index in [0.717, 1.165) is 10.5 Å². The standard InChI is InChI=1S/C18H14ClNO4/c1-10-3-8-14(24-2)13(9-10)20-17(22)15(16(21)18(20)23)11-4-6-12(19)7-5-11/h3-9,21H,1-2H3. The van der Waals surface area contributed by atoms with Crippen LogP contribution in [0.3, 0.4) is 0 Å². The molecule has 0 unspecified atom stereocenters. The fraction of sp³-hybridized carbons (Fsp3) is 0.111. The van der Waals surface area contributed by atoms with Crippen LogP contribution in [0.4, 0.5) is 5.69 Å². The maximum atomic E-state index is 12.8. The van der Waals surface area contributed by atoms with Gasteiger partial charge in [0, 0.05) is 5.02 Å². The van der Waals surface area contributed by atoms with Gasteiger partial charge in [-0.15, -0.1) is 0 Å². The Morgan fingerprint density at radius 3 is 2.33 bits per heavy atom. The Morgan fingerprint density at radius 2 is 1.71 bits per heavy atom. The Hall–Kier alpha value is -2.79. The van der Waals surface area contributed by atoms with E-state index in [1.807, 2.05) is 6.92 Å². The summed E-state index contributed by atoms with van der Waals surface area (Å²) in [5.74, 6) is -1.61. The molecule has 1 aliphatic rings. The van der Waals surface area contributed by atoms with Crippen LogP contribution in [0.5, 0.6) is 5.75 Å². The van der Waals surface area contributed by atoms with Crippen LogP contribution in [0, 0.1) is 6.92 Å². The fourth-order valence-electron chi connectivity index (χ4n) is 2.59. The van der Waals surface area contributed by atoms with Crippen LogP contribution in [-0.2, 0) is 9.59 Å². The molecular weight excluding hydrogens is 330 g/mol. The number of carbonyl (C=O) groups excluding carboxylic acids is 2. The van der Waals surface area contributed by atoms with Crippen molar-refractivity contribution in [1.29, 1.82) is 0 Å². The number of halogens is 1. The van der Waals surface area contributed by atoms with E-state index in [-0.39, 0.29) is 5.57 Å². The van der Waals surface area contributed by atoms with Gasteiger partial charge >= 0.3 is 5.91 Å². The minimum Gasteiger partial charge on any atom is -0.502 e. The molecule has 1 N–H and O–H groups in total. The Balaban J connectivity index is 2.09. The first-order valence-electron chi connectivity index (χ1n) is 7.16. The highest BCUT2D eigenvalue weighted by molar-refractivity contribution is 6.45. The van der Waals surface area contributed by atoms with Crippen molar-refractivity contribution in [3.63, 3.8) is 0 Å². The van der Waals surface area contributed by atoms with Gasteiger partial charge in [0.15, 0.2) is 5.76 Å². The van der Waals surface area contributed by atoms with E-state index in [0.29, 0.717) is 22.0 Å². The molecule has 0 spiro atoms. The molecule has 0 bridgehead atoms. The third-order valence-electron chi connectivity index (χ3n) is 3.77. The van der Waals surface area contributed by atoms with Gasteiger partial charge in [0.2, 0.25) is 0 Å².